The lowest BCUT2D eigenvalue weighted by molar-refractivity contribution is 0.0999. The van der Waals surface area contributed by atoms with Gasteiger partial charge in [-0.2, -0.15) is 0 Å². The highest BCUT2D eigenvalue weighted by molar-refractivity contribution is 6.10. The molecule has 0 radical (unpaired) electrons. The Hall–Kier alpha value is -3.13. The molecular formula is C19H21N5O3. The van der Waals surface area contributed by atoms with Gasteiger partial charge in [0.1, 0.15) is 22.8 Å². The Labute approximate surface area is 156 Å². The van der Waals surface area contributed by atoms with E-state index in [1.165, 1.54) is 0 Å². The number of anilines is 3. The summed E-state index contributed by atoms with van der Waals surface area (Å²) in [5.41, 5.74) is 2.76. The monoisotopic (exact) mass is 367 g/mol. The Kier molecular flexibility index (Phi) is 4.64. The Morgan fingerprint density at radius 1 is 1.19 bits per heavy atom. The number of pyridine rings is 2. The molecule has 3 aromatic rings. The van der Waals surface area contributed by atoms with E-state index in [2.05, 4.69) is 20.5 Å². The van der Waals surface area contributed by atoms with Gasteiger partial charge >= 0.3 is 0 Å². The number of carbonyl (C=O) groups is 1. The second-order valence-electron chi connectivity index (χ2n) is 6.35. The third kappa shape index (κ3) is 3.43. The van der Waals surface area contributed by atoms with Crippen molar-refractivity contribution in [3.8, 4) is 0 Å². The topological polar surface area (TPSA) is 92.5 Å². The minimum atomic E-state index is -0.373. The maximum Gasteiger partial charge on any atom is 0.294 e. The highest BCUT2D eigenvalue weighted by Gasteiger charge is 2.23. The molecule has 1 saturated heterocycles. The van der Waals surface area contributed by atoms with Crippen molar-refractivity contribution in [2.24, 2.45) is 0 Å². The number of nitrogens with one attached hydrogen (secondary N) is 2. The fourth-order valence-electron chi connectivity index (χ4n) is 3.04. The zero-order valence-corrected chi connectivity index (χ0v) is 15.3. The summed E-state index contributed by atoms with van der Waals surface area (Å²) in [4.78, 5) is 23.8. The van der Waals surface area contributed by atoms with Crippen molar-refractivity contribution < 1.29 is 13.9 Å². The Morgan fingerprint density at radius 2 is 2.00 bits per heavy atom. The molecule has 140 valence electrons. The molecule has 8 nitrogen and oxygen atoms in total. The Morgan fingerprint density at radius 3 is 2.70 bits per heavy atom. The van der Waals surface area contributed by atoms with Gasteiger partial charge in [-0.25, -0.2) is 9.97 Å². The molecule has 0 bridgehead atoms. The standard InChI is InChI=1S/C19H21N5O3/c1-12-3-5-14(21-11-12)22-19(25)18-17(20-2)16-13(27-18)4-6-15(23-16)24-7-9-26-10-8-24/h3-6,11,20H,7-10H2,1-2H3,(H,21,22,25). The first kappa shape index (κ1) is 17.3. The molecule has 0 unspecified atom stereocenters. The van der Waals surface area contributed by atoms with Gasteiger partial charge in [0.15, 0.2) is 5.58 Å². The predicted octanol–water partition coefficient (Wildman–Crippen LogP) is 2.66. The summed E-state index contributed by atoms with van der Waals surface area (Å²) in [5, 5.41) is 5.80. The maximum absolute atomic E-state index is 12.7. The molecule has 3 aromatic heterocycles. The summed E-state index contributed by atoms with van der Waals surface area (Å²) in [6.07, 6.45) is 1.70. The summed E-state index contributed by atoms with van der Waals surface area (Å²) in [7, 11) is 1.74. The summed E-state index contributed by atoms with van der Waals surface area (Å²) >= 11 is 0. The highest BCUT2D eigenvalue weighted by Crippen LogP contribution is 2.31. The molecule has 0 aliphatic carbocycles. The van der Waals surface area contributed by atoms with Crippen LogP contribution < -0.4 is 15.5 Å². The SMILES string of the molecule is CNc1c(C(=O)Nc2ccc(C)cn2)oc2ccc(N3CCOCC3)nc12. The minimum absolute atomic E-state index is 0.182. The smallest absolute Gasteiger partial charge is 0.294 e. The molecule has 8 heteroatoms. The van der Waals surface area contributed by atoms with E-state index in [-0.39, 0.29) is 11.7 Å². The van der Waals surface area contributed by atoms with Crippen molar-refractivity contribution in [2.75, 3.05) is 48.9 Å². The van der Waals surface area contributed by atoms with Crippen LogP contribution >= 0.6 is 0 Å². The molecule has 4 heterocycles. The lowest BCUT2D eigenvalue weighted by atomic mass is 10.2. The molecule has 0 aromatic carbocycles. The zero-order chi connectivity index (χ0) is 18.8. The second-order valence-corrected chi connectivity index (χ2v) is 6.35. The van der Waals surface area contributed by atoms with Crippen LogP contribution in [0.2, 0.25) is 0 Å². The van der Waals surface area contributed by atoms with E-state index in [1.807, 2.05) is 25.1 Å². The highest BCUT2D eigenvalue weighted by atomic mass is 16.5. The van der Waals surface area contributed by atoms with Gasteiger partial charge in [-0.15, -0.1) is 0 Å². The van der Waals surface area contributed by atoms with Crippen LogP contribution in [0.5, 0.6) is 0 Å². The summed E-state index contributed by atoms with van der Waals surface area (Å²) in [6, 6.07) is 7.38. The van der Waals surface area contributed by atoms with Crippen molar-refractivity contribution in [1.82, 2.24) is 9.97 Å². The fourth-order valence-corrected chi connectivity index (χ4v) is 3.04. The van der Waals surface area contributed by atoms with Crippen LogP contribution in [0.4, 0.5) is 17.3 Å². The molecule has 27 heavy (non-hydrogen) atoms. The fraction of sp³-hybridized carbons (Fsp3) is 0.316. The number of amides is 1. The molecule has 1 fully saturated rings. The minimum Gasteiger partial charge on any atom is -0.447 e. The van der Waals surface area contributed by atoms with Crippen LogP contribution in [-0.2, 0) is 4.74 Å². The molecule has 1 aliphatic rings. The molecule has 1 amide bonds. The number of carbonyl (C=O) groups excluding carboxylic acids is 1. The van der Waals surface area contributed by atoms with Crippen LogP contribution in [0.1, 0.15) is 16.1 Å². The first-order valence-electron chi connectivity index (χ1n) is 8.83. The van der Waals surface area contributed by atoms with Gasteiger partial charge in [-0.1, -0.05) is 6.07 Å². The van der Waals surface area contributed by atoms with Gasteiger partial charge < -0.3 is 24.7 Å². The van der Waals surface area contributed by atoms with Crippen molar-refractivity contribution in [1.29, 1.82) is 0 Å². The molecule has 0 saturated carbocycles. The second kappa shape index (κ2) is 7.24. The maximum atomic E-state index is 12.7. The third-order valence-corrected chi connectivity index (χ3v) is 4.46. The first-order chi connectivity index (χ1) is 13.2. The van der Waals surface area contributed by atoms with Crippen LogP contribution in [0.3, 0.4) is 0 Å². The number of furan rings is 1. The van der Waals surface area contributed by atoms with Crippen molar-refractivity contribution in [3.05, 3.63) is 41.8 Å². The lowest BCUT2D eigenvalue weighted by Gasteiger charge is -2.27. The quantitative estimate of drug-likeness (QED) is 0.732. The van der Waals surface area contributed by atoms with Crippen molar-refractivity contribution in [2.45, 2.75) is 6.92 Å². The van der Waals surface area contributed by atoms with Crippen LogP contribution in [0.15, 0.2) is 34.9 Å². The summed E-state index contributed by atoms with van der Waals surface area (Å²) < 4.78 is 11.2. The number of aromatic nitrogens is 2. The number of aryl methyl sites for hydroxylation is 1. The number of ether oxygens (including phenoxy) is 1. The largest absolute Gasteiger partial charge is 0.447 e. The number of fused-ring (bicyclic) bond motifs is 1. The molecule has 0 atom stereocenters. The van der Waals surface area contributed by atoms with Crippen LogP contribution in [0.25, 0.3) is 11.1 Å². The van der Waals surface area contributed by atoms with Crippen molar-refractivity contribution >= 4 is 34.3 Å². The first-order valence-corrected chi connectivity index (χ1v) is 8.83. The van der Waals surface area contributed by atoms with E-state index in [1.54, 1.807) is 19.3 Å². The number of nitrogens with zero attached hydrogens (tertiary/aromatic N) is 3. The molecule has 1 aliphatic heterocycles. The predicted molar refractivity (Wildman–Crippen MR) is 104 cm³/mol. The van der Waals surface area contributed by atoms with Crippen LogP contribution in [-0.4, -0.2) is 49.2 Å². The number of morpholine rings is 1. The van der Waals surface area contributed by atoms with E-state index in [0.29, 0.717) is 35.8 Å². The molecular weight excluding hydrogens is 346 g/mol. The van der Waals surface area contributed by atoms with Gasteiger partial charge in [0.25, 0.3) is 5.91 Å². The van der Waals surface area contributed by atoms with Gasteiger partial charge in [0, 0.05) is 26.3 Å². The average Bonchev–Trinajstić information content (AvgIpc) is 3.08. The molecule has 4 rings (SSSR count). The molecule has 2 N–H and O–H groups in total. The summed E-state index contributed by atoms with van der Waals surface area (Å²) in [6.45, 7) is 4.88. The van der Waals surface area contributed by atoms with E-state index in [0.717, 1.165) is 24.5 Å². The third-order valence-electron chi connectivity index (χ3n) is 4.46. The van der Waals surface area contributed by atoms with Crippen molar-refractivity contribution in [3.63, 3.8) is 0 Å². The lowest BCUT2D eigenvalue weighted by Crippen LogP contribution is -2.36. The average molecular weight is 367 g/mol. The Bertz CT molecular complexity index is 961. The van der Waals surface area contributed by atoms with E-state index < -0.39 is 0 Å². The van der Waals surface area contributed by atoms with Gasteiger partial charge in [-0.05, 0) is 30.7 Å². The normalized spacial score (nSPS) is 14.4. The zero-order valence-electron chi connectivity index (χ0n) is 15.3. The molecule has 0 spiro atoms. The van der Waals surface area contributed by atoms with E-state index >= 15 is 0 Å². The van der Waals surface area contributed by atoms with Gasteiger partial charge in [-0.3, -0.25) is 4.79 Å². The Balaban J connectivity index is 1.66. The summed E-state index contributed by atoms with van der Waals surface area (Å²) in [5.74, 6) is 1.12. The number of hydrogen-bond donors (Lipinski definition) is 2. The number of hydrogen-bond acceptors (Lipinski definition) is 7. The van der Waals surface area contributed by atoms with Gasteiger partial charge in [0.05, 0.1) is 13.2 Å². The van der Waals surface area contributed by atoms with Crippen LogP contribution in [0, 0.1) is 6.92 Å². The van der Waals surface area contributed by atoms with E-state index in [4.69, 9.17) is 14.1 Å². The number of rotatable bonds is 4. The van der Waals surface area contributed by atoms with E-state index in [9.17, 15) is 4.79 Å². The van der Waals surface area contributed by atoms with Gasteiger partial charge in [0.2, 0.25) is 5.76 Å².